The van der Waals surface area contributed by atoms with Gasteiger partial charge in [0.15, 0.2) is 6.61 Å². The number of carbonyl (C=O) groups is 2. The Morgan fingerprint density at radius 2 is 1.72 bits per heavy atom. The lowest BCUT2D eigenvalue weighted by molar-refractivity contribution is -0.124. The van der Waals surface area contributed by atoms with E-state index >= 15 is 0 Å². The van der Waals surface area contributed by atoms with E-state index in [2.05, 4.69) is 10.3 Å². The standard InChI is InChI=1S/C22H20N2O5/c1-27-19-12-6-5-8-16(19)14-24-20(25)15-28-22(26)18-11-7-13-23-21(18)29-17-9-3-2-4-10-17/h2-13H,14-15H2,1H3,(H,24,25). The lowest BCUT2D eigenvalue weighted by Crippen LogP contribution is -2.28. The van der Waals surface area contributed by atoms with Gasteiger partial charge in [-0.05, 0) is 30.3 Å². The predicted molar refractivity (Wildman–Crippen MR) is 106 cm³/mol. The van der Waals surface area contributed by atoms with Crippen molar-refractivity contribution < 1.29 is 23.8 Å². The molecular formula is C22H20N2O5. The molecule has 0 aliphatic rings. The summed E-state index contributed by atoms with van der Waals surface area (Å²) in [5, 5.41) is 2.69. The minimum Gasteiger partial charge on any atom is -0.496 e. The quantitative estimate of drug-likeness (QED) is 0.592. The number of nitrogens with zero attached hydrogens (tertiary/aromatic N) is 1. The molecule has 0 aliphatic heterocycles. The molecule has 148 valence electrons. The van der Waals surface area contributed by atoms with Crippen LogP contribution in [-0.4, -0.2) is 30.6 Å². The van der Waals surface area contributed by atoms with Gasteiger partial charge in [0.05, 0.1) is 7.11 Å². The highest BCUT2D eigenvalue weighted by Crippen LogP contribution is 2.23. The van der Waals surface area contributed by atoms with Gasteiger partial charge < -0.3 is 19.5 Å². The van der Waals surface area contributed by atoms with Crippen LogP contribution in [0.1, 0.15) is 15.9 Å². The summed E-state index contributed by atoms with van der Waals surface area (Å²) in [5.41, 5.74) is 0.953. The van der Waals surface area contributed by atoms with E-state index in [4.69, 9.17) is 14.2 Å². The number of hydrogen-bond donors (Lipinski definition) is 1. The van der Waals surface area contributed by atoms with Crippen LogP contribution in [0.15, 0.2) is 72.9 Å². The van der Waals surface area contributed by atoms with Gasteiger partial charge in [-0.1, -0.05) is 36.4 Å². The van der Waals surface area contributed by atoms with Crippen LogP contribution in [-0.2, 0) is 16.1 Å². The van der Waals surface area contributed by atoms with Gasteiger partial charge in [0.1, 0.15) is 17.1 Å². The lowest BCUT2D eigenvalue weighted by atomic mass is 10.2. The van der Waals surface area contributed by atoms with Gasteiger partial charge >= 0.3 is 5.97 Å². The maximum Gasteiger partial charge on any atom is 0.344 e. The zero-order valence-electron chi connectivity index (χ0n) is 15.8. The topological polar surface area (TPSA) is 86.8 Å². The Kier molecular flexibility index (Phi) is 6.78. The SMILES string of the molecule is COc1ccccc1CNC(=O)COC(=O)c1cccnc1Oc1ccccc1. The molecule has 1 N–H and O–H groups in total. The summed E-state index contributed by atoms with van der Waals surface area (Å²) in [6.45, 7) is -0.163. The van der Waals surface area contributed by atoms with Crippen molar-refractivity contribution in [1.82, 2.24) is 10.3 Å². The van der Waals surface area contributed by atoms with Crippen molar-refractivity contribution in [2.75, 3.05) is 13.7 Å². The first kappa shape index (κ1) is 19.9. The number of para-hydroxylation sites is 2. The molecule has 0 fully saturated rings. The normalized spacial score (nSPS) is 10.1. The minimum absolute atomic E-state index is 0.109. The molecule has 1 amide bonds. The fourth-order valence-electron chi connectivity index (χ4n) is 2.53. The molecule has 0 spiro atoms. The summed E-state index contributed by atoms with van der Waals surface area (Å²) in [5.74, 6) is 0.186. The molecule has 7 heteroatoms. The monoisotopic (exact) mass is 392 g/mol. The van der Waals surface area contributed by atoms with Gasteiger partial charge in [0, 0.05) is 18.3 Å². The molecule has 0 saturated heterocycles. The van der Waals surface area contributed by atoms with Crippen molar-refractivity contribution in [3.8, 4) is 17.4 Å². The van der Waals surface area contributed by atoms with Crippen molar-refractivity contribution >= 4 is 11.9 Å². The second-order valence-electron chi connectivity index (χ2n) is 5.94. The first-order valence-corrected chi connectivity index (χ1v) is 8.91. The number of pyridine rings is 1. The lowest BCUT2D eigenvalue weighted by Gasteiger charge is -2.11. The molecule has 29 heavy (non-hydrogen) atoms. The summed E-state index contributed by atoms with van der Waals surface area (Å²) in [6, 6.07) is 19.4. The van der Waals surface area contributed by atoms with E-state index in [1.807, 2.05) is 36.4 Å². The summed E-state index contributed by atoms with van der Waals surface area (Å²) >= 11 is 0. The number of amides is 1. The molecule has 2 aromatic carbocycles. The van der Waals surface area contributed by atoms with E-state index in [0.29, 0.717) is 11.5 Å². The number of rotatable bonds is 8. The average molecular weight is 392 g/mol. The Morgan fingerprint density at radius 1 is 0.966 bits per heavy atom. The van der Waals surface area contributed by atoms with Gasteiger partial charge in [-0.3, -0.25) is 4.79 Å². The highest BCUT2D eigenvalue weighted by atomic mass is 16.5. The molecule has 3 rings (SSSR count). The summed E-state index contributed by atoms with van der Waals surface area (Å²) in [6.07, 6.45) is 1.51. The number of carbonyl (C=O) groups excluding carboxylic acids is 2. The summed E-state index contributed by atoms with van der Waals surface area (Å²) in [7, 11) is 1.56. The molecule has 7 nitrogen and oxygen atoms in total. The zero-order valence-corrected chi connectivity index (χ0v) is 15.8. The molecule has 0 bridgehead atoms. The van der Waals surface area contributed by atoms with Crippen molar-refractivity contribution in [1.29, 1.82) is 0 Å². The Hall–Kier alpha value is -3.87. The average Bonchev–Trinajstić information content (AvgIpc) is 2.77. The number of methoxy groups -OCH3 is 1. The second kappa shape index (κ2) is 9.89. The number of aromatic nitrogens is 1. The predicted octanol–water partition coefficient (Wildman–Crippen LogP) is 3.36. The van der Waals surface area contributed by atoms with Crippen molar-refractivity contribution in [2.45, 2.75) is 6.54 Å². The number of esters is 1. The molecule has 0 atom stereocenters. The Morgan fingerprint density at radius 3 is 2.52 bits per heavy atom. The molecule has 0 radical (unpaired) electrons. The van der Waals surface area contributed by atoms with E-state index in [1.54, 1.807) is 31.4 Å². The van der Waals surface area contributed by atoms with Gasteiger partial charge in [-0.2, -0.15) is 0 Å². The Labute approximate surface area is 168 Å². The molecule has 3 aromatic rings. The molecule has 0 saturated carbocycles. The van der Waals surface area contributed by atoms with E-state index < -0.39 is 18.5 Å². The van der Waals surface area contributed by atoms with E-state index in [0.717, 1.165) is 5.56 Å². The maximum atomic E-state index is 12.4. The van der Waals surface area contributed by atoms with Gasteiger partial charge in [-0.15, -0.1) is 0 Å². The number of benzene rings is 2. The second-order valence-corrected chi connectivity index (χ2v) is 5.94. The van der Waals surface area contributed by atoms with Crippen LogP contribution in [0.25, 0.3) is 0 Å². The van der Waals surface area contributed by atoms with Gasteiger partial charge in [-0.25, -0.2) is 9.78 Å². The summed E-state index contributed by atoms with van der Waals surface area (Å²) in [4.78, 5) is 28.5. The minimum atomic E-state index is -0.698. The molecule has 1 aromatic heterocycles. The van der Waals surface area contributed by atoms with Gasteiger partial charge in [0.25, 0.3) is 5.91 Å². The number of ether oxygens (including phenoxy) is 3. The van der Waals surface area contributed by atoms with Crippen LogP contribution in [0, 0.1) is 0 Å². The highest BCUT2D eigenvalue weighted by Gasteiger charge is 2.17. The smallest absolute Gasteiger partial charge is 0.344 e. The zero-order chi connectivity index (χ0) is 20.5. The molecule has 0 unspecified atom stereocenters. The molecule has 1 heterocycles. The summed E-state index contributed by atoms with van der Waals surface area (Å²) < 4.78 is 16.0. The van der Waals surface area contributed by atoms with Crippen molar-refractivity contribution in [3.05, 3.63) is 84.1 Å². The fourth-order valence-corrected chi connectivity index (χ4v) is 2.53. The van der Waals surface area contributed by atoms with E-state index in [9.17, 15) is 9.59 Å². The third-order valence-electron chi connectivity index (χ3n) is 3.95. The Bertz CT molecular complexity index is 976. The highest BCUT2D eigenvalue weighted by molar-refractivity contribution is 5.93. The maximum absolute atomic E-state index is 12.4. The van der Waals surface area contributed by atoms with Crippen LogP contribution in [0.3, 0.4) is 0 Å². The van der Waals surface area contributed by atoms with Crippen LogP contribution in [0.5, 0.6) is 17.4 Å². The van der Waals surface area contributed by atoms with E-state index in [-0.39, 0.29) is 18.0 Å². The number of hydrogen-bond acceptors (Lipinski definition) is 6. The van der Waals surface area contributed by atoms with Crippen LogP contribution in [0.2, 0.25) is 0 Å². The van der Waals surface area contributed by atoms with Crippen LogP contribution >= 0.6 is 0 Å². The Balaban J connectivity index is 1.56. The largest absolute Gasteiger partial charge is 0.496 e. The third kappa shape index (κ3) is 5.55. The van der Waals surface area contributed by atoms with Crippen molar-refractivity contribution in [2.24, 2.45) is 0 Å². The molecular weight excluding hydrogens is 372 g/mol. The van der Waals surface area contributed by atoms with Crippen molar-refractivity contribution in [3.63, 3.8) is 0 Å². The fraction of sp³-hybridized carbons (Fsp3) is 0.136. The van der Waals surface area contributed by atoms with E-state index in [1.165, 1.54) is 12.3 Å². The third-order valence-corrected chi connectivity index (χ3v) is 3.95. The first-order chi connectivity index (χ1) is 14.2. The number of nitrogens with one attached hydrogen (secondary N) is 1. The molecule has 0 aliphatic carbocycles. The first-order valence-electron chi connectivity index (χ1n) is 8.91. The van der Waals surface area contributed by atoms with Crippen LogP contribution < -0.4 is 14.8 Å². The van der Waals surface area contributed by atoms with Crippen LogP contribution in [0.4, 0.5) is 0 Å². The van der Waals surface area contributed by atoms with Gasteiger partial charge in [0.2, 0.25) is 5.88 Å².